The second-order valence-corrected chi connectivity index (χ2v) is 3.18. The van der Waals surface area contributed by atoms with Crippen LogP contribution in [-0.2, 0) is 13.0 Å². The first-order valence-corrected chi connectivity index (χ1v) is 4.75. The number of aryl methyl sites for hydroxylation is 1. The van der Waals surface area contributed by atoms with Crippen LogP contribution in [-0.4, -0.2) is 26.2 Å². The van der Waals surface area contributed by atoms with E-state index in [-0.39, 0.29) is 6.61 Å². The summed E-state index contributed by atoms with van der Waals surface area (Å²) in [5, 5.41) is 8.86. The van der Waals surface area contributed by atoms with Gasteiger partial charge in [-0.1, -0.05) is 6.92 Å². The Hall–Kier alpha value is -1.42. The summed E-state index contributed by atoms with van der Waals surface area (Å²) in [6.07, 6.45) is 4.43. The monoisotopic (exact) mass is 191 g/mol. The van der Waals surface area contributed by atoms with Crippen LogP contribution in [0.4, 0.5) is 0 Å². The van der Waals surface area contributed by atoms with Crippen LogP contribution >= 0.6 is 0 Å². The normalized spacial score (nSPS) is 11.0. The second kappa shape index (κ2) is 3.75. The van der Waals surface area contributed by atoms with Gasteiger partial charge in [0, 0.05) is 12.2 Å². The van der Waals surface area contributed by atoms with Gasteiger partial charge in [0.2, 0.25) is 0 Å². The van der Waals surface area contributed by atoms with Crippen molar-refractivity contribution in [2.24, 2.45) is 0 Å². The van der Waals surface area contributed by atoms with E-state index < -0.39 is 0 Å². The van der Waals surface area contributed by atoms with Gasteiger partial charge in [-0.15, -0.1) is 0 Å². The van der Waals surface area contributed by atoms with Gasteiger partial charge in [0.05, 0.1) is 24.6 Å². The zero-order valence-electron chi connectivity index (χ0n) is 8.14. The third-order valence-corrected chi connectivity index (χ3v) is 2.27. The van der Waals surface area contributed by atoms with Crippen molar-refractivity contribution in [2.75, 3.05) is 6.61 Å². The molecule has 2 heterocycles. The quantitative estimate of drug-likeness (QED) is 0.787. The second-order valence-electron chi connectivity index (χ2n) is 3.18. The molecule has 1 N–H and O–H groups in total. The minimum absolute atomic E-state index is 0.134. The highest BCUT2D eigenvalue weighted by Gasteiger charge is 2.03. The molecule has 0 aliphatic carbocycles. The van der Waals surface area contributed by atoms with Crippen molar-refractivity contribution in [1.29, 1.82) is 0 Å². The maximum absolute atomic E-state index is 8.86. The summed E-state index contributed by atoms with van der Waals surface area (Å²) in [6, 6.07) is 2.03. The third kappa shape index (κ3) is 1.48. The van der Waals surface area contributed by atoms with Crippen LogP contribution in [0.1, 0.15) is 12.6 Å². The smallest absolute Gasteiger partial charge is 0.107 e. The Balaban J connectivity index is 2.52. The molecule has 4 nitrogen and oxygen atoms in total. The number of hydrogen-bond acceptors (Lipinski definition) is 3. The van der Waals surface area contributed by atoms with Gasteiger partial charge in [-0.05, 0) is 12.5 Å². The molecule has 74 valence electrons. The predicted molar refractivity (Wildman–Crippen MR) is 54.0 cm³/mol. The van der Waals surface area contributed by atoms with Gasteiger partial charge in [-0.3, -0.25) is 4.98 Å². The standard InChI is InChI=1S/C10H13N3O/c1-2-8-5-10-9(6-11-8)12-7-13(10)3-4-14/h5-7,14H,2-4H2,1H3. The van der Waals surface area contributed by atoms with Crippen LogP contribution in [0.2, 0.25) is 0 Å². The molecule has 2 rings (SSSR count). The molecule has 4 heteroatoms. The summed E-state index contributed by atoms with van der Waals surface area (Å²) in [6.45, 7) is 2.79. The largest absolute Gasteiger partial charge is 0.395 e. The Kier molecular flexibility index (Phi) is 2.45. The van der Waals surface area contributed by atoms with E-state index in [1.54, 1.807) is 12.5 Å². The van der Waals surface area contributed by atoms with Crippen molar-refractivity contribution in [3.63, 3.8) is 0 Å². The molecule has 0 fully saturated rings. The zero-order chi connectivity index (χ0) is 9.97. The molecule has 0 aliphatic rings. The van der Waals surface area contributed by atoms with Crippen LogP contribution in [0, 0.1) is 0 Å². The molecule has 0 saturated carbocycles. The molecule has 0 saturated heterocycles. The molecule has 0 atom stereocenters. The maximum atomic E-state index is 8.86. The lowest BCUT2D eigenvalue weighted by Gasteiger charge is -2.01. The van der Waals surface area contributed by atoms with Crippen LogP contribution in [0.25, 0.3) is 11.0 Å². The lowest BCUT2D eigenvalue weighted by atomic mass is 10.3. The first-order chi connectivity index (χ1) is 6.85. The Bertz CT molecular complexity index is 436. The Morgan fingerprint density at radius 3 is 3.00 bits per heavy atom. The SMILES string of the molecule is CCc1cc2c(cn1)ncn2CCO. The van der Waals surface area contributed by atoms with E-state index in [2.05, 4.69) is 16.9 Å². The van der Waals surface area contributed by atoms with Crippen LogP contribution in [0.15, 0.2) is 18.6 Å². The molecule has 0 aliphatic heterocycles. The van der Waals surface area contributed by atoms with Gasteiger partial charge in [0.25, 0.3) is 0 Å². The van der Waals surface area contributed by atoms with Crippen LogP contribution < -0.4 is 0 Å². The van der Waals surface area contributed by atoms with Gasteiger partial charge in [-0.2, -0.15) is 0 Å². The number of fused-ring (bicyclic) bond motifs is 1. The number of imidazole rings is 1. The van der Waals surface area contributed by atoms with Crippen molar-refractivity contribution in [3.05, 3.63) is 24.3 Å². The lowest BCUT2D eigenvalue weighted by Crippen LogP contribution is -2.00. The van der Waals surface area contributed by atoms with Crippen molar-refractivity contribution in [3.8, 4) is 0 Å². The number of rotatable bonds is 3. The van der Waals surface area contributed by atoms with Gasteiger partial charge in [-0.25, -0.2) is 4.98 Å². The molecule has 2 aromatic rings. The highest BCUT2D eigenvalue weighted by molar-refractivity contribution is 5.74. The fraction of sp³-hybridized carbons (Fsp3) is 0.400. The fourth-order valence-electron chi connectivity index (χ4n) is 1.48. The number of hydrogen-bond donors (Lipinski definition) is 1. The van der Waals surface area contributed by atoms with Crippen molar-refractivity contribution >= 4 is 11.0 Å². The molecular formula is C10H13N3O. The van der Waals surface area contributed by atoms with Gasteiger partial charge < -0.3 is 9.67 Å². The first kappa shape index (κ1) is 9.15. The topological polar surface area (TPSA) is 50.9 Å². The van der Waals surface area contributed by atoms with E-state index in [1.165, 1.54) is 0 Å². The van der Waals surface area contributed by atoms with E-state index in [9.17, 15) is 0 Å². The average molecular weight is 191 g/mol. The number of aromatic nitrogens is 3. The van der Waals surface area contributed by atoms with Gasteiger partial charge >= 0.3 is 0 Å². The Morgan fingerprint density at radius 1 is 1.43 bits per heavy atom. The van der Waals surface area contributed by atoms with Crippen LogP contribution in [0.3, 0.4) is 0 Å². The molecule has 2 aromatic heterocycles. The minimum Gasteiger partial charge on any atom is -0.395 e. The predicted octanol–water partition coefficient (Wildman–Crippen LogP) is 0.986. The van der Waals surface area contributed by atoms with E-state index >= 15 is 0 Å². The molecule has 14 heavy (non-hydrogen) atoms. The molecule has 0 unspecified atom stereocenters. The van der Waals surface area contributed by atoms with Crippen molar-refractivity contribution in [1.82, 2.24) is 14.5 Å². The Morgan fingerprint density at radius 2 is 2.29 bits per heavy atom. The molecular weight excluding hydrogens is 178 g/mol. The van der Waals surface area contributed by atoms with Gasteiger partial charge in [0.15, 0.2) is 0 Å². The van der Waals surface area contributed by atoms with E-state index in [1.807, 2.05) is 10.6 Å². The fourth-order valence-corrected chi connectivity index (χ4v) is 1.48. The number of nitrogens with zero attached hydrogens (tertiary/aromatic N) is 3. The van der Waals surface area contributed by atoms with E-state index in [0.717, 1.165) is 23.1 Å². The van der Waals surface area contributed by atoms with Crippen molar-refractivity contribution < 1.29 is 5.11 Å². The van der Waals surface area contributed by atoms with Gasteiger partial charge in [0.1, 0.15) is 5.52 Å². The summed E-state index contributed by atoms with van der Waals surface area (Å²) < 4.78 is 1.94. The summed E-state index contributed by atoms with van der Waals surface area (Å²) in [7, 11) is 0. The third-order valence-electron chi connectivity index (χ3n) is 2.27. The molecule has 0 aromatic carbocycles. The van der Waals surface area contributed by atoms with Crippen LogP contribution in [0.5, 0.6) is 0 Å². The van der Waals surface area contributed by atoms with E-state index in [4.69, 9.17) is 5.11 Å². The lowest BCUT2D eigenvalue weighted by molar-refractivity contribution is 0.278. The number of aliphatic hydroxyl groups excluding tert-OH is 1. The highest BCUT2D eigenvalue weighted by atomic mass is 16.3. The molecule has 0 spiro atoms. The highest BCUT2D eigenvalue weighted by Crippen LogP contribution is 2.12. The summed E-state index contributed by atoms with van der Waals surface area (Å²) in [4.78, 5) is 8.46. The van der Waals surface area contributed by atoms with Crippen molar-refractivity contribution in [2.45, 2.75) is 19.9 Å². The summed E-state index contributed by atoms with van der Waals surface area (Å²) >= 11 is 0. The average Bonchev–Trinajstić information content (AvgIpc) is 2.61. The molecule has 0 bridgehead atoms. The summed E-state index contributed by atoms with van der Waals surface area (Å²) in [5.74, 6) is 0. The summed E-state index contributed by atoms with van der Waals surface area (Å²) in [5.41, 5.74) is 2.98. The maximum Gasteiger partial charge on any atom is 0.107 e. The Labute approximate surface area is 82.2 Å². The molecule has 0 radical (unpaired) electrons. The molecule has 0 amide bonds. The van der Waals surface area contributed by atoms with E-state index in [0.29, 0.717) is 6.54 Å². The zero-order valence-corrected chi connectivity index (χ0v) is 8.14. The number of aliphatic hydroxyl groups is 1. The first-order valence-electron chi connectivity index (χ1n) is 4.75. The number of pyridine rings is 1. The minimum atomic E-state index is 0.134.